The van der Waals surface area contributed by atoms with Crippen LogP contribution >= 0.6 is 23.4 Å². The number of nitrogens with one attached hydrogen (secondary N) is 1. The van der Waals surface area contributed by atoms with Gasteiger partial charge in [0.2, 0.25) is 5.91 Å². The first-order chi connectivity index (χ1) is 13.9. The Labute approximate surface area is 179 Å². The number of amides is 1. The molecule has 1 aromatic heterocycles. The summed E-state index contributed by atoms with van der Waals surface area (Å²) in [5.74, 6) is 1.39. The molecule has 1 amide bonds. The predicted octanol–water partition coefficient (Wildman–Crippen LogP) is 4.96. The van der Waals surface area contributed by atoms with E-state index in [4.69, 9.17) is 16.3 Å². The van der Waals surface area contributed by atoms with Crippen LogP contribution < -0.4 is 10.1 Å². The summed E-state index contributed by atoms with van der Waals surface area (Å²) in [7, 11) is 1.85. The Morgan fingerprint density at radius 2 is 1.97 bits per heavy atom. The minimum absolute atomic E-state index is 0.0892. The van der Waals surface area contributed by atoms with Crippen molar-refractivity contribution in [3.63, 3.8) is 0 Å². The van der Waals surface area contributed by atoms with Crippen molar-refractivity contribution in [1.82, 2.24) is 14.8 Å². The van der Waals surface area contributed by atoms with E-state index in [1.807, 2.05) is 68.8 Å². The molecule has 0 spiro atoms. The highest BCUT2D eigenvalue weighted by atomic mass is 35.5. The molecular weight excluding hydrogens is 408 g/mol. The number of carbonyl (C=O) groups excluding carboxylic acids is 1. The van der Waals surface area contributed by atoms with Crippen molar-refractivity contribution >= 4 is 35.0 Å². The van der Waals surface area contributed by atoms with Crippen molar-refractivity contribution in [3.8, 4) is 5.75 Å². The molecule has 2 aromatic carbocycles. The van der Waals surface area contributed by atoms with E-state index >= 15 is 0 Å². The van der Waals surface area contributed by atoms with Crippen molar-refractivity contribution in [2.75, 3.05) is 11.1 Å². The zero-order valence-electron chi connectivity index (χ0n) is 16.8. The summed E-state index contributed by atoms with van der Waals surface area (Å²) in [5, 5.41) is 12.6. The molecule has 0 unspecified atom stereocenters. The van der Waals surface area contributed by atoms with Gasteiger partial charge in [0.25, 0.3) is 0 Å². The van der Waals surface area contributed by atoms with E-state index in [1.165, 1.54) is 11.8 Å². The Morgan fingerprint density at radius 1 is 1.21 bits per heavy atom. The maximum Gasteiger partial charge on any atom is 0.234 e. The summed E-state index contributed by atoms with van der Waals surface area (Å²) in [6.07, 6.45) is -0.342. The van der Waals surface area contributed by atoms with Gasteiger partial charge in [-0.25, -0.2) is 0 Å². The molecule has 0 aliphatic carbocycles. The number of aromatic nitrogens is 3. The Hall–Kier alpha value is -2.51. The molecule has 0 saturated heterocycles. The van der Waals surface area contributed by atoms with Crippen LogP contribution in [0.5, 0.6) is 5.75 Å². The molecule has 0 fully saturated rings. The number of benzene rings is 2. The van der Waals surface area contributed by atoms with Gasteiger partial charge in [0, 0.05) is 12.7 Å². The first kappa shape index (κ1) is 21.2. The SMILES string of the molecule is Cc1cccc(NC(=O)CSc2nnc([C@H](C)Oc3ccccc3Cl)n2C)c1C. The minimum Gasteiger partial charge on any atom is -0.481 e. The topological polar surface area (TPSA) is 69.0 Å². The van der Waals surface area contributed by atoms with Gasteiger partial charge in [-0.15, -0.1) is 10.2 Å². The van der Waals surface area contributed by atoms with Crippen LogP contribution in [-0.2, 0) is 11.8 Å². The van der Waals surface area contributed by atoms with E-state index in [0.29, 0.717) is 21.8 Å². The number of para-hydroxylation sites is 1. The number of nitrogens with zero attached hydrogens (tertiary/aromatic N) is 3. The summed E-state index contributed by atoms with van der Waals surface area (Å²) < 4.78 is 7.74. The van der Waals surface area contributed by atoms with Gasteiger partial charge in [-0.2, -0.15) is 0 Å². The average molecular weight is 431 g/mol. The summed E-state index contributed by atoms with van der Waals surface area (Å²) >= 11 is 7.48. The Balaban J connectivity index is 1.61. The number of anilines is 1. The van der Waals surface area contributed by atoms with Crippen LogP contribution in [0, 0.1) is 13.8 Å². The van der Waals surface area contributed by atoms with Crippen molar-refractivity contribution < 1.29 is 9.53 Å². The second-order valence-corrected chi connectivity index (χ2v) is 8.02. The standard InChI is InChI=1S/C21H23ClN4O2S/c1-13-8-7-10-17(14(13)2)23-19(27)12-29-21-25-24-20(26(21)4)15(3)28-18-11-6-5-9-16(18)22/h5-11,15H,12H2,1-4H3,(H,23,27)/t15-/m0/s1. The molecule has 29 heavy (non-hydrogen) atoms. The molecule has 6 nitrogen and oxygen atoms in total. The maximum atomic E-state index is 12.4. The number of thioether (sulfide) groups is 1. The van der Waals surface area contributed by atoms with E-state index in [9.17, 15) is 4.79 Å². The van der Waals surface area contributed by atoms with Gasteiger partial charge in [0.05, 0.1) is 10.8 Å². The van der Waals surface area contributed by atoms with Crippen LogP contribution in [0.3, 0.4) is 0 Å². The lowest BCUT2D eigenvalue weighted by atomic mass is 10.1. The third kappa shape index (κ3) is 5.10. The number of aryl methyl sites for hydroxylation is 1. The molecule has 1 heterocycles. The van der Waals surface area contributed by atoms with Gasteiger partial charge in [0.1, 0.15) is 5.75 Å². The molecule has 0 saturated carbocycles. The smallest absolute Gasteiger partial charge is 0.234 e. The fourth-order valence-corrected chi connectivity index (χ4v) is 3.69. The van der Waals surface area contributed by atoms with Crippen LogP contribution in [0.15, 0.2) is 47.6 Å². The first-order valence-corrected chi connectivity index (χ1v) is 10.5. The van der Waals surface area contributed by atoms with Gasteiger partial charge in [0.15, 0.2) is 17.1 Å². The molecule has 3 rings (SSSR count). The fraction of sp³-hybridized carbons (Fsp3) is 0.286. The fourth-order valence-electron chi connectivity index (χ4n) is 2.79. The molecule has 0 radical (unpaired) electrons. The summed E-state index contributed by atoms with van der Waals surface area (Å²) in [6, 6.07) is 13.1. The normalized spacial score (nSPS) is 11.9. The predicted molar refractivity (Wildman–Crippen MR) is 117 cm³/mol. The monoisotopic (exact) mass is 430 g/mol. The van der Waals surface area contributed by atoms with Crippen LogP contribution in [0.4, 0.5) is 5.69 Å². The second kappa shape index (κ2) is 9.33. The Kier molecular flexibility index (Phi) is 6.82. The maximum absolute atomic E-state index is 12.4. The highest BCUT2D eigenvalue weighted by Gasteiger charge is 2.19. The van der Waals surface area contributed by atoms with Gasteiger partial charge in [-0.3, -0.25) is 4.79 Å². The lowest BCUT2D eigenvalue weighted by molar-refractivity contribution is -0.113. The number of ether oxygens (including phenoxy) is 1. The third-order valence-corrected chi connectivity index (χ3v) is 5.92. The van der Waals surface area contributed by atoms with Crippen molar-refractivity contribution in [2.24, 2.45) is 7.05 Å². The molecule has 0 aliphatic rings. The second-order valence-electron chi connectivity index (χ2n) is 6.67. The molecule has 3 aromatic rings. The van der Waals surface area contributed by atoms with Crippen LogP contribution in [0.2, 0.25) is 5.02 Å². The van der Waals surface area contributed by atoms with E-state index in [0.717, 1.165) is 16.8 Å². The quantitative estimate of drug-likeness (QED) is 0.536. The number of hydrogen-bond acceptors (Lipinski definition) is 5. The molecule has 0 aliphatic heterocycles. The van der Waals surface area contributed by atoms with Crippen molar-refractivity contribution in [3.05, 3.63) is 64.4 Å². The van der Waals surface area contributed by atoms with E-state index < -0.39 is 0 Å². The highest BCUT2D eigenvalue weighted by Crippen LogP contribution is 2.29. The molecule has 1 N–H and O–H groups in total. The first-order valence-electron chi connectivity index (χ1n) is 9.16. The summed E-state index contributed by atoms with van der Waals surface area (Å²) in [6.45, 7) is 5.90. The van der Waals surface area contributed by atoms with E-state index in [-0.39, 0.29) is 17.8 Å². The summed E-state index contributed by atoms with van der Waals surface area (Å²) in [4.78, 5) is 12.4. The van der Waals surface area contributed by atoms with E-state index in [2.05, 4.69) is 15.5 Å². The molecule has 152 valence electrons. The zero-order valence-corrected chi connectivity index (χ0v) is 18.3. The largest absolute Gasteiger partial charge is 0.481 e. The lowest BCUT2D eigenvalue weighted by Gasteiger charge is -2.15. The molecule has 1 atom stereocenters. The Morgan fingerprint density at radius 3 is 2.72 bits per heavy atom. The van der Waals surface area contributed by atoms with Crippen molar-refractivity contribution in [1.29, 1.82) is 0 Å². The van der Waals surface area contributed by atoms with Crippen LogP contribution in [-0.4, -0.2) is 26.4 Å². The van der Waals surface area contributed by atoms with Gasteiger partial charge in [-0.1, -0.05) is 47.6 Å². The van der Waals surface area contributed by atoms with Gasteiger partial charge >= 0.3 is 0 Å². The Bertz CT molecular complexity index is 1020. The zero-order chi connectivity index (χ0) is 21.0. The third-order valence-electron chi connectivity index (χ3n) is 4.58. The number of halogens is 1. The van der Waals surface area contributed by atoms with E-state index in [1.54, 1.807) is 6.07 Å². The van der Waals surface area contributed by atoms with Crippen LogP contribution in [0.25, 0.3) is 0 Å². The minimum atomic E-state index is -0.342. The number of carbonyl (C=O) groups is 1. The average Bonchev–Trinajstić information content (AvgIpc) is 3.06. The molecule has 8 heteroatoms. The van der Waals surface area contributed by atoms with Gasteiger partial charge in [-0.05, 0) is 50.1 Å². The number of rotatable bonds is 7. The summed E-state index contributed by atoms with van der Waals surface area (Å²) in [5.41, 5.74) is 3.04. The number of hydrogen-bond donors (Lipinski definition) is 1. The highest BCUT2D eigenvalue weighted by molar-refractivity contribution is 7.99. The van der Waals surface area contributed by atoms with Crippen LogP contribution in [0.1, 0.15) is 30.0 Å². The van der Waals surface area contributed by atoms with Crippen molar-refractivity contribution in [2.45, 2.75) is 32.0 Å². The molecular formula is C21H23ClN4O2S. The molecule has 0 bridgehead atoms. The lowest BCUT2D eigenvalue weighted by Crippen LogP contribution is -2.15. The van der Waals surface area contributed by atoms with Gasteiger partial charge < -0.3 is 14.6 Å².